The van der Waals surface area contributed by atoms with Crippen LogP contribution in [0.5, 0.6) is 0 Å². The first kappa shape index (κ1) is 15.1. The molecule has 1 amide bonds. The fourth-order valence-electron chi connectivity index (χ4n) is 2.29. The minimum atomic E-state index is -0.310. The van der Waals surface area contributed by atoms with Crippen molar-refractivity contribution in [2.45, 2.75) is 13.8 Å². The first-order valence-electron chi connectivity index (χ1n) is 6.90. The Bertz CT molecular complexity index is 899. The molecule has 0 fully saturated rings. The standard InChI is InChI=1S/C16H14N4O2S/c1-10-9-23-16(18-10)19(3)14(21)13-11(2)22-15(12(13)8-17)20-6-4-5-7-20/h4-7,9H,1-3H3. The van der Waals surface area contributed by atoms with E-state index in [9.17, 15) is 10.1 Å². The highest BCUT2D eigenvalue weighted by Gasteiger charge is 2.28. The molecule has 0 atom stereocenters. The minimum Gasteiger partial charge on any atom is -0.443 e. The molecular formula is C16H14N4O2S. The fourth-order valence-corrected chi connectivity index (χ4v) is 3.06. The predicted molar refractivity (Wildman–Crippen MR) is 87.1 cm³/mol. The maximum Gasteiger partial charge on any atom is 0.264 e. The van der Waals surface area contributed by atoms with Crippen molar-refractivity contribution in [3.8, 4) is 12.0 Å². The van der Waals surface area contributed by atoms with Crippen LogP contribution in [-0.2, 0) is 0 Å². The molecule has 3 aromatic rings. The van der Waals surface area contributed by atoms with Gasteiger partial charge in [0.2, 0.25) is 5.88 Å². The number of hydrogen-bond acceptors (Lipinski definition) is 5. The van der Waals surface area contributed by atoms with Crippen molar-refractivity contribution >= 4 is 22.4 Å². The van der Waals surface area contributed by atoms with Crippen molar-refractivity contribution in [3.63, 3.8) is 0 Å². The topological polar surface area (TPSA) is 75.1 Å². The molecule has 23 heavy (non-hydrogen) atoms. The molecule has 0 bridgehead atoms. The number of amides is 1. The maximum atomic E-state index is 12.8. The number of carbonyl (C=O) groups is 1. The molecule has 0 radical (unpaired) electrons. The summed E-state index contributed by atoms with van der Waals surface area (Å²) in [4.78, 5) is 18.6. The zero-order valence-electron chi connectivity index (χ0n) is 12.9. The molecule has 0 saturated carbocycles. The summed E-state index contributed by atoms with van der Waals surface area (Å²) in [7, 11) is 1.64. The Morgan fingerprint density at radius 2 is 2.09 bits per heavy atom. The van der Waals surface area contributed by atoms with Crippen LogP contribution in [0.4, 0.5) is 5.13 Å². The minimum absolute atomic E-state index is 0.226. The van der Waals surface area contributed by atoms with Crippen molar-refractivity contribution in [3.05, 3.63) is 52.5 Å². The van der Waals surface area contributed by atoms with Crippen LogP contribution < -0.4 is 4.90 Å². The van der Waals surface area contributed by atoms with Crippen molar-refractivity contribution in [1.29, 1.82) is 5.26 Å². The summed E-state index contributed by atoms with van der Waals surface area (Å²) < 4.78 is 7.35. The van der Waals surface area contributed by atoms with E-state index in [1.54, 1.807) is 30.9 Å². The maximum absolute atomic E-state index is 12.8. The summed E-state index contributed by atoms with van der Waals surface area (Å²) in [5.41, 5.74) is 1.34. The number of aryl methyl sites for hydroxylation is 2. The summed E-state index contributed by atoms with van der Waals surface area (Å²) >= 11 is 1.38. The Morgan fingerprint density at radius 1 is 1.39 bits per heavy atom. The van der Waals surface area contributed by atoms with Gasteiger partial charge in [0.1, 0.15) is 23.0 Å². The molecule has 0 aromatic carbocycles. The van der Waals surface area contributed by atoms with Crippen LogP contribution in [0.3, 0.4) is 0 Å². The Hall–Kier alpha value is -2.85. The lowest BCUT2D eigenvalue weighted by Gasteiger charge is -2.13. The van der Waals surface area contributed by atoms with E-state index in [0.29, 0.717) is 16.8 Å². The van der Waals surface area contributed by atoms with Crippen molar-refractivity contribution < 1.29 is 9.21 Å². The van der Waals surface area contributed by atoms with Gasteiger partial charge in [0.15, 0.2) is 5.13 Å². The molecule has 0 aliphatic carbocycles. The van der Waals surface area contributed by atoms with Gasteiger partial charge >= 0.3 is 0 Å². The molecule has 0 saturated heterocycles. The number of nitrogens with zero attached hydrogens (tertiary/aromatic N) is 4. The number of anilines is 1. The highest BCUT2D eigenvalue weighted by atomic mass is 32.1. The van der Waals surface area contributed by atoms with E-state index < -0.39 is 0 Å². The van der Waals surface area contributed by atoms with Gasteiger partial charge < -0.3 is 4.42 Å². The normalized spacial score (nSPS) is 10.5. The van der Waals surface area contributed by atoms with Gasteiger partial charge in [0.25, 0.3) is 5.91 Å². The number of rotatable bonds is 3. The van der Waals surface area contributed by atoms with E-state index in [2.05, 4.69) is 11.1 Å². The smallest absolute Gasteiger partial charge is 0.264 e. The second-order valence-corrected chi connectivity index (χ2v) is 5.89. The third-order valence-corrected chi connectivity index (χ3v) is 4.46. The van der Waals surface area contributed by atoms with Crippen LogP contribution >= 0.6 is 11.3 Å². The summed E-state index contributed by atoms with van der Waals surface area (Å²) in [5.74, 6) is 0.452. The molecule has 0 aliphatic heterocycles. The lowest BCUT2D eigenvalue weighted by molar-refractivity contribution is 0.0991. The number of aromatic nitrogens is 2. The Kier molecular flexibility index (Phi) is 3.76. The Labute approximate surface area is 137 Å². The molecular weight excluding hydrogens is 312 g/mol. The summed E-state index contributed by atoms with van der Waals surface area (Å²) in [6.07, 6.45) is 3.53. The van der Waals surface area contributed by atoms with E-state index in [-0.39, 0.29) is 17.0 Å². The number of thiazole rings is 1. The molecule has 116 valence electrons. The lowest BCUT2D eigenvalue weighted by atomic mass is 10.1. The highest BCUT2D eigenvalue weighted by Crippen LogP contribution is 2.28. The zero-order chi connectivity index (χ0) is 16.6. The van der Waals surface area contributed by atoms with Crippen LogP contribution in [0, 0.1) is 25.2 Å². The van der Waals surface area contributed by atoms with Gasteiger partial charge in [-0.1, -0.05) is 0 Å². The van der Waals surface area contributed by atoms with Crippen LogP contribution in [0.25, 0.3) is 5.88 Å². The highest BCUT2D eigenvalue weighted by molar-refractivity contribution is 7.14. The van der Waals surface area contributed by atoms with Gasteiger partial charge in [0.05, 0.1) is 5.69 Å². The molecule has 3 heterocycles. The molecule has 6 nitrogen and oxygen atoms in total. The molecule has 0 aliphatic rings. The molecule has 0 unspecified atom stereocenters. The largest absolute Gasteiger partial charge is 0.443 e. The molecule has 3 rings (SSSR count). The van der Waals surface area contributed by atoms with E-state index in [1.165, 1.54) is 16.2 Å². The van der Waals surface area contributed by atoms with Crippen molar-refractivity contribution in [1.82, 2.24) is 9.55 Å². The van der Waals surface area contributed by atoms with Crippen molar-refractivity contribution in [2.75, 3.05) is 11.9 Å². The van der Waals surface area contributed by atoms with Crippen LogP contribution in [-0.4, -0.2) is 22.5 Å². The Morgan fingerprint density at radius 3 is 2.65 bits per heavy atom. The van der Waals surface area contributed by atoms with Crippen LogP contribution in [0.15, 0.2) is 34.3 Å². The van der Waals surface area contributed by atoms with Gasteiger partial charge in [-0.15, -0.1) is 11.3 Å². The van der Waals surface area contributed by atoms with E-state index in [4.69, 9.17) is 4.42 Å². The number of nitriles is 1. The second-order valence-electron chi connectivity index (χ2n) is 5.05. The number of hydrogen-bond donors (Lipinski definition) is 0. The third-order valence-electron chi connectivity index (χ3n) is 3.43. The van der Waals surface area contributed by atoms with Gasteiger partial charge in [-0.25, -0.2) is 4.98 Å². The van der Waals surface area contributed by atoms with Gasteiger partial charge in [-0.2, -0.15) is 5.26 Å². The third kappa shape index (κ3) is 2.53. The van der Waals surface area contributed by atoms with Gasteiger partial charge in [-0.3, -0.25) is 14.3 Å². The molecule has 0 spiro atoms. The quantitative estimate of drug-likeness (QED) is 0.740. The molecule has 3 aromatic heterocycles. The molecule has 7 heteroatoms. The second kappa shape index (κ2) is 5.74. The lowest BCUT2D eigenvalue weighted by Crippen LogP contribution is -2.27. The fraction of sp³-hybridized carbons (Fsp3) is 0.188. The van der Waals surface area contributed by atoms with E-state index >= 15 is 0 Å². The predicted octanol–water partition coefficient (Wildman–Crippen LogP) is 3.29. The van der Waals surface area contributed by atoms with Crippen LogP contribution in [0.2, 0.25) is 0 Å². The Balaban J connectivity index is 2.06. The van der Waals surface area contributed by atoms with Crippen molar-refractivity contribution in [2.24, 2.45) is 0 Å². The first-order valence-corrected chi connectivity index (χ1v) is 7.78. The summed E-state index contributed by atoms with van der Waals surface area (Å²) in [5, 5.41) is 12.0. The van der Waals surface area contributed by atoms with Crippen LogP contribution in [0.1, 0.15) is 27.4 Å². The molecule has 0 N–H and O–H groups in total. The van der Waals surface area contributed by atoms with E-state index in [0.717, 1.165) is 5.69 Å². The van der Waals surface area contributed by atoms with Gasteiger partial charge in [0, 0.05) is 24.8 Å². The average molecular weight is 326 g/mol. The average Bonchev–Trinajstić information content (AvgIpc) is 3.24. The monoisotopic (exact) mass is 326 g/mol. The first-order chi connectivity index (χ1) is 11.0. The number of carbonyl (C=O) groups excluding carboxylic acids is 1. The van der Waals surface area contributed by atoms with Gasteiger partial charge in [-0.05, 0) is 26.0 Å². The number of furan rings is 1. The SMILES string of the molecule is Cc1csc(N(C)C(=O)c2c(C)oc(-n3cccc3)c2C#N)n1. The van der Waals surface area contributed by atoms with E-state index in [1.807, 2.05) is 24.4 Å². The zero-order valence-corrected chi connectivity index (χ0v) is 13.7. The summed E-state index contributed by atoms with van der Waals surface area (Å²) in [6, 6.07) is 5.74. The summed E-state index contributed by atoms with van der Waals surface area (Å²) in [6.45, 7) is 3.55.